The lowest BCUT2D eigenvalue weighted by atomic mass is 10.2. The second kappa shape index (κ2) is 9.35. The summed E-state index contributed by atoms with van der Waals surface area (Å²) in [5, 5.41) is 3.34. The molecule has 0 heterocycles. The molecule has 0 saturated carbocycles. The van der Waals surface area contributed by atoms with E-state index in [9.17, 15) is 9.59 Å². The molecule has 0 fully saturated rings. The minimum absolute atomic E-state index is 0.185. The highest BCUT2D eigenvalue weighted by atomic mass is 35.5. The van der Waals surface area contributed by atoms with E-state index in [4.69, 9.17) is 16.3 Å². The zero-order chi connectivity index (χ0) is 17.4. The molecule has 0 atom stereocenters. The number of aryl methyl sites for hydroxylation is 1. The number of hydrogen-bond donors (Lipinski definition) is 1. The Hall–Kier alpha value is -1.98. The molecule has 2 aromatic rings. The Kier molecular flexibility index (Phi) is 7.15. The third-order valence-corrected chi connectivity index (χ3v) is 4.29. The van der Waals surface area contributed by atoms with Crippen LogP contribution < -0.4 is 5.32 Å². The van der Waals surface area contributed by atoms with Crippen LogP contribution in [0.3, 0.4) is 0 Å². The second-order valence-electron chi connectivity index (χ2n) is 5.20. The Balaban J connectivity index is 1.65. The molecule has 1 amide bonds. The van der Waals surface area contributed by atoms with Crippen molar-refractivity contribution in [3.05, 3.63) is 64.7 Å². The highest BCUT2D eigenvalue weighted by Crippen LogP contribution is 2.16. The van der Waals surface area contributed by atoms with Crippen molar-refractivity contribution in [2.45, 2.75) is 12.7 Å². The summed E-state index contributed by atoms with van der Waals surface area (Å²) < 4.78 is 4.96. The summed E-state index contributed by atoms with van der Waals surface area (Å²) in [6, 6.07) is 14.9. The molecule has 24 heavy (non-hydrogen) atoms. The predicted octanol–water partition coefficient (Wildman–Crippen LogP) is 4.06. The third-order valence-electron chi connectivity index (χ3n) is 3.08. The van der Waals surface area contributed by atoms with Gasteiger partial charge in [0.25, 0.3) is 5.91 Å². The van der Waals surface area contributed by atoms with Gasteiger partial charge in [0.05, 0.1) is 5.75 Å². The van der Waals surface area contributed by atoms with Gasteiger partial charge in [0.1, 0.15) is 0 Å². The maximum absolute atomic E-state index is 11.7. The van der Waals surface area contributed by atoms with Gasteiger partial charge in [0.15, 0.2) is 6.61 Å². The first-order chi connectivity index (χ1) is 11.5. The van der Waals surface area contributed by atoms with Crippen molar-refractivity contribution >= 4 is 40.9 Å². The largest absolute Gasteiger partial charge is 0.455 e. The van der Waals surface area contributed by atoms with Gasteiger partial charge in [-0.1, -0.05) is 41.4 Å². The fourth-order valence-electron chi connectivity index (χ4n) is 1.90. The van der Waals surface area contributed by atoms with Gasteiger partial charge in [0, 0.05) is 16.5 Å². The van der Waals surface area contributed by atoms with Crippen LogP contribution in [0.4, 0.5) is 5.69 Å². The first kappa shape index (κ1) is 18.4. The molecule has 0 bridgehead atoms. The number of amides is 1. The van der Waals surface area contributed by atoms with E-state index in [0.29, 0.717) is 16.5 Å². The number of thioether (sulfide) groups is 1. The van der Waals surface area contributed by atoms with Crippen molar-refractivity contribution in [2.75, 3.05) is 17.7 Å². The molecular weight excluding hydrogens is 346 g/mol. The summed E-state index contributed by atoms with van der Waals surface area (Å²) >= 11 is 7.32. The molecule has 1 N–H and O–H groups in total. The highest BCUT2D eigenvalue weighted by Gasteiger charge is 2.08. The summed E-state index contributed by atoms with van der Waals surface area (Å²) in [5.41, 5.74) is 2.82. The lowest BCUT2D eigenvalue weighted by molar-refractivity contribution is -0.144. The minimum atomic E-state index is -0.416. The maximum atomic E-state index is 11.7. The van der Waals surface area contributed by atoms with E-state index in [1.807, 2.05) is 37.3 Å². The standard InChI is InChI=1S/C18H18ClNO3S/c1-13-5-7-16(8-6-13)20-17(21)10-23-18(22)12-24-11-14-3-2-4-15(19)9-14/h2-9H,10-12H2,1H3,(H,20,21). The number of carbonyl (C=O) groups is 2. The van der Waals surface area contributed by atoms with Crippen LogP contribution in [0.5, 0.6) is 0 Å². The quantitative estimate of drug-likeness (QED) is 0.753. The molecule has 0 saturated heterocycles. The van der Waals surface area contributed by atoms with E-state index in [0.717, 1.165) is 11.1 Å². The van der Waals surface area contributed by atoms with Gasteiger partial charge in [-0.15, -0.1) is 11.8 Å². The third kappa shape index (κ3) is 6.64. The molecule has 4 nitrogen and oxygen atoms in total. The SMILES string of the molecule is Cc1ccc(NC(=O)COC(=O)CSCc2cccc(Cl)c2)cc1. The topological polar surface area (TPSA) is 55.4 Å². The molecule has 2 rings (SSSR count). The molecule has 0 spiro atoms. The van der Waals surface area contributed by atoms with Gasteiger partial charge in [-0.25, -0.2) is 0 Å². The zero-order valence-electron chi connectivity index (χ0n) is 13.3. The monoisotopic (exact) mass is 363 g/mol. The van der Waals surface area contributed by atoms with Crippen molar-refractivity contribution in [3.8, 4) is 0 Å². The molecule has 6 heteroatoms. The van der Waals surface area contributed by atoms with Gasteiger partial charge in [-0.3, -0.25) is 9.59 Å². The Morgan fingerprint density at radius 1 is 1.17 bits per heavy atom. The van der Waals surface area contributed by atoms with E-state index in [2.05, 4.69) is 5.32 Å². The van der Waals surface area contributed by atoms with Crippen LogP contribution in [0, 0.1) is 6.92 Å². The Labute approximate surface area is 150 Å². The summed E-state index contributed by atoms with van der Waals surface area (Å²) in [6.45, 7) is 1.68. The molecular formula is C18H18ClNO3S. The van der Waals surface area contributed by atoms with E-state index in [1.165, 1.54) is 11.8 Å². The molecule has 126 valence electrons. The van der Waals surface area contributed by atoms with Crippen molar-refractivity contribution in [2.24, 2.45) is 0 Å². The molecule has 0 aliphatic heterocycles. The van der Waals surface area contributed by atoms with Crippen molar-refractivity contribution in [3.63, 3.8) is 0 Å². The molecule has 0 aromatic heterocycles. The van der Waals surface area contributed by atoms with E-state index in [1.54, 1.807) is 18.2 Å². The summed E-state index contributed by atoms with van der Waals surface area (Å²) in [4.78, 5) is 23.4. The average molecular weight is 364 g/mol. The molecule has 0 aliphatic rings. The number of nitrogens with one attached hydrogen (secondary N) is 1. The fourth-order valence-corrected chi connectivity index (χ4v) is 2.88. The number of rotatable bonds is 7. The van der Waals surface area contributed by atoms with Crippen LogP contribution in [0.15, 0.2) is 48.5 Å². The fraction of sp³-hybridized carbons (Fsp3) is 0.222. The Morgan fingerprint density at radius 3 is 2.62 bits per heavy atom. The minimum Gasteiger partial charge on any atom is -0.455 e. The summed E-state index contributed by atoms with van der Waals surface area (Å²) in [5.74, 6) is 0.0726. The lowest BCUT2D eigenvalue weighted by Crippen LogP contribution is -2.21. The second-order valence-corrected chi connectivity index (χ2v) is 6.62. The first-order valence-electron chi connectivity index (χ1n) is 7.37. The van der Waals surface area contributed by atoms with Crippen molar-refractivity contribution in [1.82, 2.24) is 0 Å². The number of ether oxygens (including phenoxy) is 1. The van der Waals surface area contributed by atoms with Gasteiger partial charge in [0.2, 0.25) is 0 Å². The van der Waals surface area contributed by atoms with Crippen molar-refractivity contribution in [1.29, 1.82) is 0 Å². The molecule has 0 aliphatic carbocycles. The zero-order valence-corrected chi connectivity index (χ0v) is 14.8. The number of benzene rings is 2. The molecule has 2 aromatic carbocycles. The van der Waals surface area contributed by atoms with E-state index >= 15 is 0 Å². The first-order valence-corrected chi connectivity index (χ1v) is 8.90. The van der Waals surface area contributed by atoms with E-state index in [-0.39, 0.29) is 18.3 Å². The Bertz CT molecular complexity index is 704. The van der Waals surface area contributed by atoms with Crippen LogP contribution in [-0.2, 0) is 20.1 Å². The average Bonchev–Trinajstić information content (AvgIpc) is 2.55. The smallest absolute Gasteiger partial charge is 0.316 e. The van der Waals surface area contributed by atoms with Crippen LogP contribution >= 0.6 is 23.4 Å². The van der Waals surface area contributed by atoms with Crippen LogP contribution in [0.1, 0.15) is 11.1 Å². The van der Waals surface area contributed by atoms with Crippen LogP contribution in [-0.4, -0.2) is 24.2 Å². The lowest BCUT2D eigenvalue weighted by Gasteiger charge is -2.07. The normalized spacial score (nSPS) is 10.2. The number of anilines is 1. The number of carbonyl (C=O) groups excluding carboxylic acids is 2. The van der Waals surface area contributed by atoms with Crippen LogP contribution in [0.25, 0.3) is 0 Å². The number of hydrogen-bond acceptors (Lipinski definition) is 4. The van der Waals surface area contributed by atoms with Crippen molar-refractivity contribution < 1.29 is 14.3 Å². The predicted molar refractivity (Wildman–Crippen MR) is 98.4 cm³/mol. The number of esters is 1. The summed E-state index contributed by atoms with van der Waals surface area (Å²) in [7, 11) is 0. The van der Waals surface area contributed by atoms with Gasteiger partial charge < -0.3 is 10.1 Å². The highest BCUT2D eigenvalue weighted by molar-refractivity contribution is 7.99. The van der Waals surface area contributed by atoms with E-state index < -0.39 is 5.97 Å². The Morgan fingerprint density at radius 2 is 1.92 bits per heavy atom. The molecule has 0 unspecified atom stereocenters. The van der Waals surface area contributed by atoms with Gasteiger partial charge in [-0.05, 0) is 36.8 Å². The summed E-state index contributed by atoms with van der Waals surface area (Å²) in [6.07, 6.45) is 0. The van der Waals surface area contributed by atoms with Gasteiger partial charge >= 0.3 is 5.97 Å². The van der Waals surface area contributed by atoms with Crippen LogP contribution in [0.2, 0.25) is 5.02 Å². The van der Waals surface area contributed by atoms with Gasteiger partial charge in [-0.2, -0.15) is 0 Å². The maximum Gasteiger partial charge on any atom is 0.316 e. The molecule has 0 radical (unpaired) electrons. The number of halogens is 1.